The highest BCUT2D eigenvalue weighted by atomic mass is 19.2. The highest BCUT2D eigenvalue weighted by Gasteiger charge is 2.16. The van der Waals surface area contributed by atoms with Gasteiger partial charge in [0.2, 0.25) is 5.82 Å². The van der Waals surface area contributed by atoms with Crippen LogP contribution in [0.1, 0.15) is 26.7 Å². The Bertz CT molecular complexity index is 338. The van der Waals surface area contributed by atoms with Crippen molar-refractivity contribution in [1.82, 2.24) is 0 Å². The fourth-order valence-corrected chi connectivity index (χ4v) is 1.29. The Balaban J connectivity index is 2.97. The lowest BCUT2D eigenvalue weighted by molar-refractivity contribution is 0.184. The Morgan fingerprint density at radius 1 is 1.27 bits per heavy atom. The van der Waals surface area contributed by atoms with Gasteiger partial charge in [-0.1, -0.05) is 13.8 Å². The predicted octanol–water partition coefficient (Wildman–Crippen LogP) is 3.11. The summed E-state index contributed by atoms with van der Waals surface area (Å²) >= 11 is 0. The van der Waals surface area contributed by atoms with Crippen molar-refractivity contribution in [1.29, 1.82) is 0 Å². The lowest BCUT2D eigenvalue weighted by Crippen LogP contribution is -2.16. The molecular formula is C11H15F2NO. The molecule has 0 saturated heterocycles. The van der Waals surface area contributed by atoms with Crippen LogP contribution in [0.5, 0.6) is 5.75 Å². The van der Waals surface area contributed by atoms with E-state index in [0.29, 0.717) is 0 Å². The van der Waals surface area contributed by atoms with Gasteiger partial charge in [-0.2, -0.15) is 4.39 Å². The van der Waals surface area contributed by atoms with Crippen molar-refractivity contribution in [3.05, 3.63) is 23.8 Å². The summed E-state index contributed by atoms with van der Waals surface area (Å²) in [6, 6.07) is 2.29. The van der Waals surface area contributed by atoms with Gasteiger partial charge in [-0.15, -0.1) is 0 Å². The second kappa shape index (κ2) is 4.96. The number of nitrogens with two attached hydrogens (primary N) is 1. The Labute approximate surface area is 88.0 Å². The molecule has 4 heteroatoms. The van der Waals surface area contributed by atoms with Gasteiger partial charge in [0, 0.05) is 0 Å². The van der Waals surface area contributed by atoms with E-state index in [1.807, 2.05) is 13.8 Å². The summed E-state index contributed by atoms with van der Waals surface area (Å²) in [5.41, 5.74) is 5.64. The van der Waals surface area contributed by atoms with Crippen LogP contribution in [0.4, 0.5) is 14.5 Å². The molecule has 0 heterocycles. The van der Waals surface area contributed by atoms with Crippen LogP contribution in [0.15, 0.2) is 12.1 Å². The molecule has 0 amide bonds. The van der Waals surface area contributed by atoms with Crippen LogP contribution in [0.25, 0.3) is 0 Å². The molecule has 0 aliphatic carbocycles. The molecule has 1 aromatic carbocycles. The molecule has 2 N–H and O–H groups in total. The summed E-state index contributed by atoms with van der Waals surface area (Å²) in [6.45, 7) is 3.84. The molecule has 0 fully saturated rings. The number of hydrogen-bond donors (Lipinski definition) is 1. The van der Waals surface area contributed by atoms with Crippen LogP contribution in [0.3, 0.4) is 0 Å². The Kier molecular flexibility index (Phi) is 3.88. The second-order valence-electron chi connectivity index (χ2n) is 3.34. The minimum absolute atomic E-state index is 0.126. The van der Waals surface area contributed by atoms with Crippen LogP contribution in [-0.2, 0) is 0 Å². The standard InChI is InChI=1S/C11H15F2NO/c1-3-7(4-2)15-11-9(14)6-5-8(12)10(11)13/h5-7H,3-4,14H2,1-2H3. The highest BCUT2D eigenvalue weighted by Crippen LogP contribution is 2.28. The molecule has 1 aromatic rings. The van der Waals surface area contributed by atoms with Crippen LogP contribution < -0.4 is 10.5 Å². The highest BCUT2D eigenvalue weighted by molar-refractivity contribution is 5.53. The molecule has 0 aliphatic rings. The first kappa shape index (κ1) is 11.8. The van der Waals surface area contributed by atoms with E-state index in [1.165, 1.54) is 6.07 Å². The van der Waals surface area contributed by atoms with Crippen molar-refractivity contribution < 1.29 is 13.5 Å². The van der Waals surface area contributed by atoms with E-state index >= 15 is 0 Å². The summed E-state index contributed by atoms with van der Waals surface area (Å²) in [4.78, 5) is 0. The van der Waals surface area contributed by atoms with Crippen molar-refractivity contribution in [2.75, 3.05) is 5.73 Å². The topological polar surface area (TPSA) is 35.2 Å². The van der Waals surface area contributed by atoms with E-state index in [9.17, 15) is 8.78 Å². The number of ether oxygens (including phenoxy) is 1. The monoisotopic (exact) mass is 215 g/mol. The maximum absolute atomic E-state index is 13.3. The van der Waals surface area contributed by atoms with Gasteiger partial charge in [-0.3, -0.25) is 0 Å². The molecule has 1 rings (SSSR count). The van der Waals surface area contributed by atoms with E-state index in [2.05, 4.69) is 0 Å². The zero-order chi connectivity index (χ0) is 11.4. The molecular weight excluding hydrogens is 200 g/mol. The van der Waals surface area contributed by atoms with Crippen molar-refractivity contribution >= 4 is 5.69 Å². The van der Waals surface area contributed by atoms with Gasteiger partial charge in [0.1, 0.15) is 0 Å². The van der Waals surface area contributed by atoms with Gasteiger partial charge in [-0.05, 0) is 25.0 Å². The summed E-state index contributed by atoms with van der Waals surface area (Å²) in [5.74, 6) is -2.13. The molecule has 2 nitrogen and oxygen atoms in total. The number of hydrogen-bond acceptors (Lipinski definition) is 2. The summed E-state index contributed by atoms with van der Waals surface area (Å²) in [6.07, 6.45) is 1.32. The summed E-state index contributed by atoms with van der Waals surface area (Å²) < 4.78 is 31.5. The molecule has 0 unspecified atom stereocenters. The Morgan fingerprint density at radius 2 is 1.87 bits per heavy atom. The molecule has 0 saturated carbocycles. The average molecular weight is 215 g/mol. The number of benzene rings is 1. The summed E-state index contributed by atoms with van der Waals surface area (Å²) in [7, 11) is 0. The molecule has 84 valence electrons. The lowest BCUT2D eigenvalue weighted by atomic mass is 10.2. The third kappa shape index (κ3) is 2.58. The first-order valence-electron chi connectivity index (χ1n) is 5.00. The number of rotatable bonds is 4. The minimum atomic E-state index is -1.01. The fraction of sp³-hybridized carbons (Fsp3) is 0.455. The molecule has 0 aromatic heterocycles. The third-order valence-corrected chi connectivity index (χ3v) is 2.28. The molecule has 0 atom stereocenters. The van der Waals surface area contributed by atoms with Crippen molar-refractivity contribution in [3.8, 4) is 5.75 Å². The van der Waals surface area contributed by atoms with Gasteiger partial charge < -0.3 is 10.5 Å². The maximum atomic E-state index is 13.3. The van der Waals surface area contributed by atoms with Crippen molar-refractivity contribution in [2.24, 2.45) is 0 Å². The Hall–Kier alpha value is -1.32. The minimum Gasteiger partial charge on any atom is -0.485 e. The number of nitrogen functional groups attached to an aromatic ring is 1. The van der Waals surface area contributed by atoms with E-state index in [1.54, 1.807) is 0 Å². The number of halogens is 2. The largest absolute Gasteiger partial charge is 0.485 e. The van der Waals surface area contributed by atoms with Gasteiger partial charge in [-0.25, -0.2) is 4.39 Å². The van der Waals surface area contributed by atoms with Crippen LogP contribution in [-0.4, -0.2) is 6.10 Å². The van der Waals surface area contributed by atoms with Gasteiger partial charge in [0.05, 0.1) is 11.8 Å². The first-order chi connectivity index (χ1) is 7.10. The molecule has 0 spiro atoms. The van der Waals surface area contributed by atoms with Crippen LogP contribution in [0, 0.1) is 11.6 Å². The summed E-state index contributed by atoms with van der Waals surface area (Å²) in [5, 5.41) is 0. The van der Waals surface area contributed by atoms with E-state index < -0.39 is 11.6 Å². The lowest BCUT2D eigenvalue weighted by Gasteiger charge is -2.17. The Morgan fingerprint density at radius 3 is 2.40 bits per heavy atom. The number of anilines is 1. The molecule has 0 aliphatic heterocycles. The van der Waals surface area contributed by atoms with Gasteiger partial charge >= 0.3 is 0 Å². The maximum Gasteiger partial charge on any atom is 0.202 e. The quantitative estimate of drug-likeness (QED) is 0.783. The van der Waals surface area contributed by atoms with Crippen molar-refractivity contribution in [2.45, 2.75) is 32.8 Å². The van der Waals surface area contributed by atoms with Crippen LogP contribution in [0.2, 0.25) is 0 Å². The molecule has 0 radical (unpaired) electrons. The smallest absolute Gasteiger partial charge is 0.202 e. The fourth-order valence-electron chi connectivity index (χ4n) is 1.29. The van der Waals surface area contributed by atoms with E-state index in [0.717, 1.165) is 18.9 Å². The SMILES string of the molecule is CCC(CC)Oc1c(N)ccc(F)c1F. The third-order valence-electron chi connectivity index (χ3n) is 2.28. The van der Waals surface area contributed by atoms with Crippen molar-refractivity contribution in [3.63, 3.8) is 0 Å². The predicted molar refractivity (Wildman–Crippen MR) is 55.8 cm³/mol. The van der Waals surface area contributed by atoms with Gasteiger partial charge in [0.25, 0.3) is 0 Å². The van der Waals surface area contributed by atoms with E-state index in [-0.39, 0.29) is 17.5 Å². The molecule has 0 bridgehead atoms. The average Bonchev–Trinajstić information content (AvgIpc) is 2.24. The normalized spacial score (nSPS) is 10.7. The van der Waals surface area contributed by atoms with Crippen LogP contribution >= 0.6 is 0 Å². The zero-order valence-corrected chi connectivity index (χ0v) is 8.89. The van der Waals surface area contributed by atoms with E-state index in [4.69, 9.17) is 10.5 Å². The zero-order valence-electron chi connectivity index (χ0n) is 8.89. The second-order valence-corrected chi connectivity index (χ2v) is 3.34. The first-order valence-corrected chi connectivity index (χ1v) is 5.00. The van der Waals surface area contributed by atoms with Gasteiger partial charge in [0.15, 0.2) is 11.6 Å². The molecule has 15 heavy (non-hydrogen) atoms.